The van der Waals surface area contributed by atoms with Gasteiger partial charge in [0.1, 0.15) is 6.61 Å². The maximum atomic E-state index is 5.67. The first-order valence-corrected chi connectivity index (χ1v) is 12.6. The third kappa shape index (κ3) is 16.0. The van der Waals surface area contributed by atoms with E-state index in [1.54, 1.807) is 6.26 Å². The summed E-state index contributed by atoms with van der Waals surface area (Å²) in [7, 11) is 0. The Bertz CT molecular complexity index is 641. The number of allylic oxidation sites excluding steroid dienone is 1. The molecular formula is C28H46O6. The number of benzene rings is 1. The lowest BCUT2D eigenvalue weighted by atomic mass is 10.0. The highest BCUT2D eigenvalue weighted by atomic mass is 16.5. The van der Waals surface area contributed by atoms with Gasteiger partial charge in [-0.2, -0.15) is 0 Å². The molecule has 1 aromatic rings. The molecule has 0 heterocycles. The Morgan fingerprint density at radius 1 is 0.647 bits per heavy atom. The van der Waals surface area contributed by atoms with Gasteiger partial charge in [0, 0.05) is 13.2 Å². The average molecular weight is 479 g/mol. The molecule has 6 nitrogen and oxygen atoms in total. The Hall–Kier alpha value is -1.70. The SMILES string of the molecule is C=C(COCCOCCOCCCC)c1ccc(/C(C)=C\OCCOCCOCCCC)cc1. The third-order valence-corrected chi connectivity index (χ3v) is 5.03. The van der Waals surface area contributed by atoms with Crippen LogP contribution in [0.1, 0.15) is 57.6 Å². The molecule has 0 bridgehead atoms. The summed E-state index contributed by atoms with van der Waals surface area (Å²) in [5, 5.41) is 0. The summed E-state index contributed by atoms with van der Waals surface area (Å²) in [6.07, 6.45) is 6.28. The van der Waals surface area contributed by atoms with Crippen LogP contribution in [0, 0.1) is 0 Å². The Labute approximate surface area is 207 Å². The quantitative estimate of drug-likeness (QED) is 0.147. The first kappa shape index (κ1) is 30.3. The lowest BCUT2D eigenvalue weighted by molar-refractivity contribution is 0.0198. The summed E-state index contributed by atoms with van der Waals surface area (Å²) in [6, 6.07) is 8.26. The average Bonchev–Trinajstić information content (AvgIpc) is 2.86. The van der Waals surface area contributed by atoms with Crippen LogP contribution >= 0.6 is 0 Å². The van der Waals surface area contributed by atoms with E-state index in [-0.39, 0.29) is 0 Å². The van der Waals surface area contributed by atoms with Crippen molar-refractivity contribution in [2.45, 2.75) is 46.5 Å². The fraction of sp³-hybridized carbons (Fsp3) is 0.643. The third-order valence-electron chi connectivity index (χ3n) is 5.03. The van der Waals surface area contributed by atoms with E-state index in [1.165, 1.54) is 0 Å². The van der Waals surface area contributed by atoms with Crippen molar-refractivity contribution < 1.29 is 28.4 Å². The molecule has 1 rings (SSSR count). The zero-order valence-electron chi connectivity index (χ0n) is 21.6. The highest BCUT2D eigenvalue weighted by Gasteiger charge is 2.02. The van der Waals surface area contributed by atoms with Gasteiger partial charge in [-0.15, -0.1) is 0 Å². The van der Waals surface area contributed by atoms with Crippen molar-refractivity contribution in [3.05, 3.63) is 48.2 Å². The molecule has 0 spiro atoms. The molecule has 0 aliphatic rings. The maximum Gasteiger partial charge on any atom is 0.111 e. The van der Waals surface area contributed by atoms with Crippen LogP contribution in [0.4, 0.5) is 0 Å². The van der Waals surface area contributed by atoms with Crippen LogP contribution in [0.2, 0.25) is 0 Å². The highest BCUT2D eigenvalue weighted by Crippen LogP contribution is 2.18. The summed E-state index contributed by atoms with van der Waals surface area (Å²) in [6.45, 7) is 17.2. The van der Waals surface area contributed by atoms with E-state index in [2.05, 4.69) is 44.7 Å². The van der Waals surface area contributed by atoms with Gasteiger partial charge in [-0.1, -0.05) is 57.5 Å². The molecule has 0 fully saturated rings. The van der Waals surface area contributed by atoms with Gasteiger partial charge in [0.05, 0.1) is 59.1 Å². The zero-order chi connectivity index (χ0) is 24.7. The van der Waals surface area contributed by atoms with Gasteiger partial charge in [-0.05, 0) is 42.0 Å². The molecule has 0 amide bonds. The van der Waals surface area contributed by atoms with Crippen LogP contribution in [0.5, 0.6) is 0 Å². The maximum absolute atomic E-state index is 5.67. The molecule has 6 heteroatoms. The summed E-state index contributed by atoms with van der Waals surface area (Å²) < 4.78 is 33.2. The predicted octanol–water partition coefficient (Wildman–Crippen LogP) is 5.76. The molecular weight excluding hydrogens is 432 g/mol. The smallest absolute Gasteiger partial charge is 0.111 e. The number of hydrogen-bond donors (Lipinski definition) is 0. The lowest BCUT2D eigenvalue weighted by Crippen LogP contribution is -2.10. The molecule has 0 atom stereocenters. The Morgan fingerprint density at radius 3 is 1.62 bits per heavy atom. The highest BCUT2D eigenvalue weighted by molar-refractivity contribution is 5.68. The standard InChI is InChI=1S/C28H46O6/c1-5-7-13-29-15-17-31-19-21-33-23-25(3)27-9-11-28(12-10-27)26(4)24-34-22-20-32-18-16-30-14-8-6-2/h9-12,24H,3,5-8,13-23H2,1-2,4H3/b26-24-. The van der Waals surface area contributed by atoms with Gasteiger partial charge in [0.25, 0.3) is 0 Å². The van der Waals surface area contributed by atoms with Gasteiger partial charge in [-0.25, -0.2) is 0 Å². The monoisotopic (exact) mass is 478 g/mol. The molecule has 34 heavy (non-hydrogen) atoms. The summed E-state index contributed by atoms with van der Waals surface area (Å²) in [4.78, 5) is 0. The zero-order valence-corrected chi connectivity index (χ0v) is 21.6. The normalized spacial score (nSPS) is 11.7. The van der Waals surface area contributed by atoms with E-state index in [0.29, 0.717) is 59.5 Å². The first-order chi connectivity index (χ1) is 16.7. The topological polar surface area (TPSA) is 55.4 Å². The van der Waals surface area contributed by atoms with Crippen LogP contribution in [-0.2, 0) is 28.4 Å². The van der Waals surface area contributed by atoms with Crippen LogP contribution < -0.4 is 0 Å². The van der Waals surface area contributed by atoms with Gasteiger partial charge >= 0.3 is 0 Å². The van der Waals surface area contributed by atoms with Crippen molar-refractivity contribution in [1.29, 1.82) is 0 Å². The van der Waals surface area contributed by atoms with Gasteiger partial charge in [0.15, 0.2) is 0 Å². The molecule has 0 saturated carbocycles. The molecule has 0 aliphatic heterocycles. The molecule has 0 radical (unpaired) electrons. The largest absolute Gasteiger partial charge is 0.498 e. The number of rotatable bonds is 23. The van der Waals surface area contributed by atoms with Crippen LogP contribution in [0.3, 0.4) is 0 Å². The van der Waals surface area contributed by atoms with Crippen LogP contribution in [-0.4, -0.2) is 72.7 Å². The van der Waals surface area contributed by atoms with Crippen LogP contribution in [0.15, 0.2) is 37.1 Å². The predicted molar refractivity (Wildman–Crippen MR) is 139 cm³/mol. The second kappa shape index (κ2) is 21.8. The summed E-state index contributed by atoms with van der Waals surface area (Å²) >= 11 is 0. The van der Waals surface area contributed by atoms with E-state index in [4.69, 9.17) is 28.4 Å². The molecule has 0 unspecified atom stereocenters. The first-order valence-electron chi connectivity index (χ1n) is 12.6. The Kier molecular flexibility index (Phi) is 19.5. The van der Waals surface area contributed by atoms with Crippen molar-refractivity contribution in [3.63, 3.8) is 0 Å². The lowest BCUT2D eigenvalue weighted by Gasteiger charge is -2.10. The molecule has 0 aromatic heterocycles. The second-order valence-corrected chi connectivity index (χ2v) is 8.06. The van der Waals surface area contributed by atoms with Gasteiger partial charge in [-0.3, -0.25) is 0 Å². The fourth-order valence-electron chi connectivity index (χ4n) is 2.86. The van der Waals surface area contributed by atoms with E-state index < -0.39 is 0 Å². The fourth-order valence-corrected chi connectivity index (χ4v) is 2.86. The number of hydrogen-bond acceptors (Lipinski definition) is 6. The molecule has 0 N–H and O–H groups in total. The molecule has 0 aliphatic carbocycles. The minimum atomic E-state index is 0.483. The molecule has 0 saturated heterocycles. The summed E-state index contributed by atoms with van der Waals surface area (Å²) in [5.41, 5.74) is 4.19. The van der Waals surface area contributed by atoms with Crippen molar-refractivity contribution in [2.75, 3.05) is 72.7 Å². The van der Waals surface area contributed by atoms with Crippen molar-refractivity contribution in [1.82, 2.24) is 0 Å². The van der Waals surface area contributed by atoms with Crippen molar-refractivity contribution in [2.24, 2.45) is 0 Å². The Balaban J connectivity index is 2.13. The number of ether oxygens (including phenoxy) is 6. The molecule has 194 valence electrons. The number of unbranched alkanes of at least 4 members (excludes halogenated alkanes) is 2. The minimum Gasteiger partial charge on any atom is -0.498 e. The van der Waals surface area contributed by atoms with Gasteiger partial charge < -0.3 is 28.4 Å². The van der Waals surface area contributed by atoms with Crippen molar-refractivity contribution >= 4 is 11.1 Å². The van der Waals surface area contributed by atoms with Crippen molar-refractivity contribution in [3.8, 4) is 0 Å². The van der Waals surface area contributed by atoms with E-state index in [0.717, 1.165) is 61.2 Å². The van der Waals surface area contributed by atoms with Crippen LogP contribution in [0.25, 0.3) is 11.1 Å². The molecule has 1 aromatic carbocycles. The Morgan fingerprint density at radius 2 is 1.09 bits per heavy atom. The van der Waals surface area contributed by atoms with Gasteiger partial charge in [0.2, 0.25) is 0 Å². The van der Waals surface area contributed by atoms with E-state index in [1.807, 2.05) is 6.92 Å². The second-order valence-electron chi connectivity index (χ2n) is 8.06. The summed E-state index contributed by atoms with van der Waals surface area (Å²) in [5.74, 6) is 0. The van der Waals surface area contributed by atoms with E-state index >= 15 is 0 Å². The van der Waals surface area contributed by atoms with E-state index in [9.17, 15) is 0 Å². The minimum absolute atomic E-state index is 0.483.